The van der Waals surface area contributed by atoms with Crippen LogP contribution in [0.3, 0.4) is 0 Å². The van der Waals surface area contributed by atoms with Gasteiger partial charge in [-0.25, -0.2) is 0 Å². The van der Waals surface area contributed by atoms with Crippen LogP contribution in [0.15, 0.2) is 29.3 Å². The molecule has 1 aliphatic heterocycles. The zero-order chi connectivity index (χ0) is 15.4. The number of guanidine groups is 1. The number of halogens is 1. The number of hydrogen-bond acceptors (Lipinski definition) is 3. The Kier molecular flexibility index (Phi) is 6.37. The van der Waals surface area contributed by atoms with Crippen molar-refractivity contribution in [3.63, 3.8) is 0 Å². The Labute approximate surface area is 153 Å². The maximum absolute atomic E-state index is 4.26. The zero-order valence-corrected chi connectivity index (χ0v) is 15.9. The minimum absolute atomic E-state index is 0. The molecule has 2 heterocycles. The molecule has 6 nitrogen and oxygen atoms in total. The number of benzene rings is 1. The monoisotopic (exact) mass is 426 g/mol. The molecule has 0 aliphatic carbocycles. The number of hydrogen-bond donors (Lipinski definition) is 2. The van der Waals surface area contributed by atoms with Crippen LogP contribution in [-0.4, -0.2) is 27.8 Å². The van der Waals surface area contributed by atoms with Crippen LogP contribution in [0, 0.1) is 6.92 Å². The zero-order valence-electron chi connectivity index (χ0n) is 13.5. The Hall–Kier alpha value is -1.64. The highest BCUT2D eigenvalue weighted by Crippen LogP contribution is 2.13. The first kappa shape index (κ1) is 17.7. The molecule has 0 spiro atoms. The standard InChI is InChI=1S/C16H22N6.HI/c1-12-6-3-4-7-13(12)10-18-16(17-2)19-11-15-21-20-14-8-5-9-22(14)15;/h3-4,6-7H,5,8-11H2,1-2H3,(H2,17,18,19);1H. The van der Waals surface area contributed by atoms with Gasteiger partial charge >= 0.3 is 0 Å². The predicted molar refractivity (Wildman–Crippen MR) is 102 cm³/mol. The van der Waals surface area contributed by atoms with Gasteiger partial charge in [-0.05, 0) is 24.5 Å². The average Bonchev–Trinajstić information content (AvgIpc) is 3.13. The average molecular weight is 426 g/mol. The Morgan fingerprint density at radius 3 is 2.78 bits per heavy atom. The van der Waals surface area contributed by atoms with Gasteiger partial charge in [-0.1, -0.05) is 24.3 Å². The van der Waals surface area contributed by atoms with E-state index >= 15 is 0 Å². The Bertz CT molecular complexity index is 679. The molecular formula is C16H23IN6. The first-order valence-corrected chi connectivity index (χ1v) is 7.68. The van der Waals surface area contributed by atoms with Crippen molar-refractivity contribution in [1.82, 2.24) is 25.4 Å². The lowest BCUT2D eigenvalue weighted by atomic mass is 10.1. The van der Waals surface area contributed by atoms with E-state index in [4.69, 9.17) is 0 Å². The molecule has 1 aromatic carbocycles. The van der Waals surface area contributed by atoms with Crippen LogP contribution >= 0.6 is 24.0 Å². The fourth-order valence-corrected chi connectivity index (χ4v) is 2.71. The van der Waals surface area contributed by atoms with E-state index in [-0.39, 0.29) is 24.0 Å². The second kappa shape index (κ2) is 8.28. The minimum Gasteiger partial charge on any atom is -0.352 e. The van der Waals surface area contributed by atoms with Crippen molar-refractivity contribution >= 4 is 29.9 Å². The molecular weight excluding hydrogens is 403 g/mol. The summed E-state index contributed by atoms with van der Waals surface area (Å²) in [6, 6.07) is 8.35. The second-order valence-corrected chi connectivity index (χ2v) is 5.49. The lowest BCUT2D eigenvalue weighted by molar-refractivity contribution is 0.662. The highest BCUT2D eigenvalue weighted by molar-refractivity contribution is 14.0. The summed E-state index contributed by atoms with van der Waals surface area (Å²) in [7, 11) is 1.78. The Morgan fingerprint density at radius 1 is 1.22 bits per heavy atom. The van der Waals surface area contributed by atoms with E-state index in [9.17, 15) is 0 Å². The first-order chi connectivity index (χ1) is 10.8. The number of aryl methyl sites for hydroxylation is 2. The van der Waals surface area contributed by atoms with Crippen molar-refractivity contribution in [3.05, 3.63) is 47.0 Å². The minimum atomic E-state index is 0. The molecule has 2 N–H and O–H groups in total. The first-order valence-electron chi connectivity index (χ1n) is 7.68. The van der Waals surface area contributed by atoms with Crippen molar-refractivity contribution in [3.8, 4) is 0 Å². The van der Waals surface area contributed by atoms with E-state index < -0.39 is 0 Å². The van der Waals surface area contributed by atoms with E-state index in [1.54, 1.807) is 7.05 Å². The van der Waals surface area contributed by atoms with Crippen LogP contribution in [0.4, 0.5) is 0 Å². The molecule has 0 bridgehead atoms. The summed E-state index contributed by atoms with van der Waals surface area (Å²) >= 11 is 0. The summed E-state index contributed by atoms with van der Waals surface area (Å²) in [5.41, 5.74) is 2.55. The molecule has 7 heteroatoms. The quantitative estimate of drug-likeness (QED) is 0.446. The van der Waals surface area contributed by atoms with Gasteiger partial charge in [0.1, 0.15) is 5.82 Å². The molecule has 1 aliphatic rings. The van der Waals surface area contributed by atoms with Gasteiger partial charge in [0.2, 0.25) is 0 Å². The summed E-state index contributed by atoms with van der Waals surface area (Å²) in [6.45, 7) is 4.53. The number of aromatic nitrogens is 3. The molecule has 3 rings (SSSR count). The molecule has 0 atom stereocenters. The molecule has 23 heavy (non-hydrogen) atoms. The van der Waals surface area contributed by atoms with Gasteiger partial charge < -0.3 is 15.2 Å². The van der Waals surface area contributed by atoms with Gasteiger partial charge in [0.15, 0.2) is 11.8 Å². The smallest absolute Gasteiger partial charge is 0.191 e. The highest BCUT2D eigenvalue weighted by atomic mass is 127. The van der Waals surface area contributed by atoms with Gasteiger partial charge in [0.05, 0.1) is 6.54 Å². The lowest BCUT2D eigenvalue weighted by Gasteiger charge is -2.13. The molecule has 2 aromatic rings. The number of fused-ring (bicyclic) bond motifs is 1. The maximum Gasteiger partial charge on any atom is 0.191 e. The summed E-state index contributed by atoms with van der Waals surface area (Å²) in [6.07, 6.45) is 2.20. The van der Waals surface area contributed by atoms with Gasteiger partial charge in [-0.2, -0.15) is 0 Å². The number of rotatable bonds is 4. The van der Waals surface area contributed by atoms with E-state index in [1.165, 1.54) is 11.1 Å². The van der Waals surface area contributed by atoms with Crippen molar-refractivity contribution in [1.29, 1.82) is 0 Å². The number of nitrogens with zero attached hydrogens (tertiary/aromatic N) is 4. The lowest BCUT2D eigenvalue weighted by Crippen LogP contribution is -2.37. The topological polar surface area (TPSA) is 67.1 Å². The van der Waals surface area contributed by atoms with E-state index in [0.717, 1.165) is 43.5 Å². The largest absolute Gasteiger partial charge is 0.352 e. The third-order valence-corrected chi connectivity index (χ3v) is 4.03. The Balaban J connectivity index is 0.00000192. The second-order valence-electron chi connectivity index (χ2n) is 5.49. The normalized spacial score (nSPS) is 13.4. The number of nitrogens with one attached hydrogen (secondary N) is 2. The van der Waals surface area contributed by atoms with Crippen LogP contribution in [0.1, 0.15) is 29.2 Å². The predicted octanol–water partition coefficient (Wildman–Crippen LogP) is 2.02. The third kappa shape index (κ3) is 4.21. The van der Waals surface area contributed by atoms with Crippen LogP contribution in [-0.2, 0) is 26.1 Å². The van der Waals surface area contributed by atoms with Crippen LogP contribution < -0.4 is 10.6 Å². The summed E-state index contributed by atoms with van der Waals surface area (Å²) < 4.78 is 2.20. The van der Waals surface area contributed by atoms with Gasteiger partial charge in [-0.3, -0.25) is 4.99 Å². The summed E-state index contributed by atoms with van der Waals surface area (Å²) in [5, 5.41) is 15.1. The van der Waals surface area contributed by atoms with Crippen molar-refractivity contribution in [2.45, 2.75) is 39.4 Å². The van der Waals surface area contributed by atoms with Gasteiger partial charge in [0, 0.05) is 26.6 Å². The van der Waals surface area contributed by atoms with E-state index in [2.05, 4.69) is 61.6 Å². The van der Waals surface area contributed by atoms with E-state index in [1.807, 2.05) is 0 Å². The van der Waals surface area contributed by atoms with E-state index in [0.29, 0.717) is 6.54 Å². The fraction of sp³-hybridized carbons (Fsp3) is 0.438. The third-order valence-electron chi connectivity index (χ3n) is 4.03. The van der Waals surface area contributed by atoms with Crippen LogP contribution in [0.25, 0.3) is 0 Å². The molecule has 0 amide bonds. The molecule has 0 radical (unpaired) electrons. The van der Waals surface area contributed by atoms with Crippen molar-refractivity contribution in [2.24, 2.45) is 4.99 Å². The van der Waals surface area contributed by atoms with Gasteiger partial charge in [0.25, 0.3) is 0 Å². The number of aliphatic imine (C=N–C) groups is 1. The maximum atomic E-state index is 4.26. The summed E-state index contributed by atoms with van der Waals surface area (Å²) in [4.78, 5) is 4.26. The Morgan fingerprint density at radius 2 is 2.00 bits per heavy atom. The molecule has 0 saturated heterocycles. The van der Waals surface area contributed by atoms with Crippen molar-refractivity contribution in [2.75, 3.05) is 7.05 Å². The molecule has 0 unspecified atom stereocenters. The van der Waals surface area contributed by atoms with Crippen molar-refractivity contribution < 1.29 is 0 Å². The van der Waals surface area contributed by atoms with Gasteiger partial charge in [-0.15, -0.1) is 34.2 Å². The highest BCUT2D eigenvalue weighted by Gasteiger charge is 2.16. The molecule has 124 valence electrons. The summed E-state index contributed by atoms with van der Waals surface area (Å²) in [5.74, 6) is 2.85. The molecule has 0 saturated carbocycles. The fourth-order valence-electron chi connectivity index (χ4n) is 2.71. The molecule has 0 fully saturated rings. The molecule has 1 aromatic heterocycles. The van der Waals surface area contributed by atoms with Crippen LogP contribution in [0.2, 0.25) is 0 Å². The van der Waals surface area contributed by atoms with Crippen LogP contribution in [0.5, 0.6) is 0 Å². The SMILES string of the molecule is CN=C(NCc1ccccc1C)NCc1nnc2n1CCC2.I.